The molecule has 0 fully saturated rings. The van der Waals surface area contributed by atoms with E-state index in [0.717, 1.165) is 0 Å². The highest BCUT2D eigenvalue weighted by Gasteiger charge is 2.27. The molecule has 2 aromatic carbocycles. The first-order chi connectivity index (χ1) is 19.0. The number of nitrogens with one attached hydrogen (secondary N) is 1. The molecule has 14 heteroatoms. The second-order valence-electron chi connectivity index (χ2n) is 8.78. The molecule has 0 aliphatic rings. The Morgan fingerprint density at radius 3 is 2.50 bits per heavy atom. The second-order valence-corrected chi connectivity index (χ2v) is 10.4. The molecule has 0 amide bonds. The molecule has 3 heterocycles. The molecule has 5 aromatic rings. The quantitative estimate of drug-likeness (QED) is 0.269. The normalized spacial score (nSPS) is 12.6. The predicted molar refractivity (Wildman–Crippen MR) is 143 cm³/mol. The smallest absolute Gasteiger partial charge is 0.355 e. The van der Waals surface area contributed by atoms with Gasteiger partial charge in [0.25, 0.3) is 10.0 Å². The standard InChI is InChI=1S/C26H22F3N7O3S/c1-14(15-3-6-17(27)7-4-15)39-21-11-16(5-8-20(21)35-40(37,38)26(28)29)23-22-24(36(2)34-23)18(12-32-25(22)30)19-9-10-31-13-33-19/h3-14,26,35H,1-2H3,(H2,30,32)/t14-/m0/s1. The number of benzene rings is 2. The molecule has 1 atom stereocenters. The maximum atomic E-state index is 13.4. The number of nitrogen functional groups attached to an aromatic ring is 1. The van der Waals surface area contributed by atoms with Gasteiger partial charge in [-0.3, -0.25) is 9.40 Å². The van der Waals surface area contributed by atoms with Crippen molar-refractivity contribution in [3.05, 3.63) is 78.6 Å². The number of aromatic nitrogens is 5. The van der Waals surface area contributed by atoms with Crippen LogP contribution in [0, 0.1) is 5.82 Å². The van der Waals surface area contributed by atoms with E-state index < -0.39 is 27.7 Å². The molecule has 0 unspecified atom stereocenters. The average molecular weight is 570 g/mol. The van der Waals surface area contributed by atoms with Gasteiger partial charge in [-0.2, -0.15) is 13.9 Å². The molecule has 0 radical (unpaired) electrons. The number of ether oxygens (including phenoxy) is 1. The average Bonchev–Trinajstić information content (AvgIpc) is 3.28. The van der Waals surface area contributed by atoms with Crippen LogP contribution in [0.1, 0.15) is 18.6 Å². The highest BCUT2D eigenvalue weighted by molar-refractivity contribution is 7.93. The summed E-state index contributed by atoms with van der Waals surface area (Å²) in [6.45, 7) is 1.65. The topological polar surface area (TPSA) is 138 Å². The summed E-state index contributed by atoms with van der Waals surface area (Å²) in [5, 5.41) is 5.12. The molecule has 0 saturated heterocycles. The zero-order valence-corrected chi connectivity index (χ0v) is 21.9. The highest BCUT2D eigenvalue weighted by Crippen LogP contribution is 2.40. The van der Waals surface area contributed by atoms with Gasteiger partial charge in [0.2, 0.25) is 0 Å². The first-order valence-corrected chi connectivity index (χ1v) is 13.3. The molecule has 206 valence electrons. The number of pyridine rings is 1. The Kier molecular flexibility index (Phi) is 7.02. The fourth-order valence-corrected chi connectivity index (χ4v) is 4.78. The summed E-state index contributed by atoms with van der Waals surface area (Å²) in [6, 6.07) is 11.5. The number of sulfonamides is 1. The third-order valence-corrected chi connectivity index (χ3v) is 7.11. The van der Waals surface area contributed by atoms with E-state index >= 15 is 0 Å². The van der Waals surface area contributed by atoms with Crippen LogP contribution in [0.15, 0.2) is 67.3 Å². The molecule has 0 bridgehead atoms. The van der Waals surface area contributed by atoms with E-state index in [9.17, 15) is 21.6 Å². The minimum Gasteiger partial charge on any atom is -0.484 e. The van der Waals surface area contributed by atoms with Gasteiger partial charge in [0.1, 0.15) is 35.5 Å². The number of fused-ring (bicyclic) bond motifs is 1. The summed E-state index contributed by atoms with van der Waals surface area (Å²) in [4.78, 5) is 12.5. The van der Waals surface area contributed by atoms with E-state index in [0.29, 0.717) is 39.0 Å². The van der Waals surface area contributed by atoms with Crippen molar-refractivity contribution < 1.29 is 26.3 Å². The van der Waals surface area contributed by atoms with E-state index in [1.54, 1.807) is 37.1 Å². The van der Waals surface area contributed by atoms with Crippen LogP contribution >= 0.6 is 0 Å². The maximum Gasteiger partial charge on any atom is 0.355 e. The molecular formula is C26H22F3N7O3S. The zero-order valence-electron chi connectivity index (χ0n) is 21.1. The SMILES string of the molecule is C[C@H](Oc1cc(-c2nn(C)c3c(-c4ccncn4)cnc(N)c23)ccc1NS(=O)(=O)C(F)F)c1ccc(F)cc1. The molecule has 0 saturated carbocycles. The lowest BCUT2D eigenvalue weighted by Crippen LogP contribution is -2.21. The fraction of sp³-hybridized carbons (Fsp3) is 0.154. The van der Waals surface area contributed by atoms with Crippen molar-refractivity contribution in [3.63, 3.8) is 0 Å². The van der Waals surface area contributed by atoms with Crippen molar-refractivity contribution in [3.8, 4) is 28.3 Å². The van der Waals surface area contributed by atoms with E-state index in [4.69, 9.17) is 10.5 Å². The van der Waals surface area contributed by atoms with Crippen molar-refractivity contribution >= 4 is 32.4 Å². The van der Waals surface area contributed by atoms with Gasteiger partial charge in [-0.15, -0.1) is 0 Å². The molecule has 3 aromatic heterocycles. The van der Waals surface area contributed by atoms with Gasteiger partial charge >= 0.3 is 5.76 Å². The summed E-state index contributed by atoms with van der Waals surface area (Å²) in [7, 11) is -3.29. The lowest BCUT2D eigenvalue weighted by molar-refractivity contribution is 0.228. The number of alkyl halides is 2. The van der Waals surface area contributed by atoms with Crippen LogP contribution < -0.4 is 15.2 Å². The molecule has 0 spiro atoms. The van der Waals surface area contributed by atoms with Gasteiger partial charge in [-0.05, 0) is 42.8 Å². The van der Waals surface area contributed by atoms with Gasteiger partial charge in [-0.25, -0.2) is 27.8 Å². The van der Waals surface area contributed by atoms with Gasteiger partial charge in [-0.1, -0.05) is 18.2 Å². The molecule has 0 aliphatic heterocycles. The Balaban J connectivity index is 1.64. The van der Waals surface area contributed by atoms with Gasteiger partial charge in [0.15, 0.2) is 0 Å². The minimum atomic E-state index is -5.01. The van der Waals surface area contributed by atoms with Crippen molar-refractivity contribution in [1.82, 2.24) is 24.7 Å². The van der Waals surface area contributed by atoms with E-state index in [2.05, 4.69) is 20.1 Å². The molecule has 10 nitrogen and oxygen atoms in total. The lowest BCUT2D eigenvalue weighted by atomic mass is 10.0. The lowest BCUT2D eigenvalue weighted by Gasteiger charge is -2.19. The summed E-state index contributed by atoms with van der Waals surface area (Å²) >= 11 is 0. The van der Waals surface area contributed by atoms with Crippen LogP contribution in [0.4, 0.5) is 24.7 Å². The number of rotatable bonds is 8. The van der Waals surface area contributed by atoms with Gasteiger partial charge < -0.3 is 10.5 Å². The molecule has 40 heavy (non-hydrogen) atoms. The van der Waals surface area contributed by atoms with Crippen molar-refractivity contribution in [2.24, 2.45) is 7.05 Å². The number of halogens is 3. The van der Waals surface area contributed by atoms with Crippen LogP contribution in [0.5, 0.6) is 5.75 Å². The van der Waals surface area contributed by atoms with Crippen LogP contribution in [-0.4, -0.2) is 38.9 Å². The number of anilines is 2. The van der Waals surface area contributed by atoms with Crippen molar-refractivity contribution in [1.29, 1.82) is 0 Å². The van der Waals surface area contributed by atoms with Gasteiger partial charge in [0, 0.05) is 30.6 Å². The largest absolute Gasteiger partial charge is 0.484 e. The van der Waals surface area contributed by atoms with Crippen LogP contribution in [0.3, 0.4) is 0 Å². The first-order valence-electron chi connectivity index (χ1n) is 11.8. The Hall–Kier alpha value is -4.72. The third-order valence-electron chi connectivity index (χ3n) is 6.13. The number of hydrogen-bond donors (Lipinski definition) is 2. The Bertz CT molecular complexity index is 1800. The fourth-order valence-electron chi connectivity index (χ4n) is 4.22. The third kappa shape index (κ3) is 5.12. The number of nitrogens with zero attached hydrogens (tertiary/aromatic N) is 5. The van der Waals surface area contributed by atoms with Crippen LogP contribution in [0.2, 0.25) is 0 Å². The minimum absolute atomic E-state index is 0.0594. The monoisotopic (exact) mass is 569 g/mol. The van der Waals surface area contributed by atoms with E-state index in [1.165, 1.54) is 48.8 Å². The van der Waals surface area contributed by atoms with E-state index in [-0.39, 0.29) is 17.3 Å². The second kappa shape index (κ2) is 10.4. The van der Waals surface area contributed by atoms with Gasteiger partial charge in [0.05, 0.1) is 22.3 Å². The molecule has 3 N–H and O–H groups in total. The number of hydrogen-bond acceptors (Lipinski definition) is 8. The summed E-state index contributed by atoms with van der Waals surface area (Å²) in [5.74, 6) is -3.99. The van der Waals surface area contributed by atoms with Crippen LogP contribution in [-0.2, 0) is 17.1 Å². The summed E-state index contributed by atoms with van der Waals surface area (Å²) < 4.78 is 73.2. The Labute approximate surface area is 226 Å². The summed E-state index contributed by atoms with van der Waals surface area (Å²) in [5.41, 5.74) is 9.33. The molecular weight excluding hydrogens is 547 g/mol. The van der Waals surface area contributed by atoms with Crippen molar-refractivity contribution in [2.45, 2.75) is 18.8 Å². The first kappa shape index (κ1) is 26.9. The summed E-state index contributed by atoms with van der Waals surface area (Å²) in [6.07, 6.45) is 3.86. The van der Waals surface area contributed by atoms with E-state index in [1.807, 2.05) is 4.72 Å². The number of aryl methyl sites for hydroxylation is 1. The Morgan fingerprint density at radius 2 is 1.82 bits per heavy atom. The maximum absolute atomic E-state index is 13.4. The highest BCUT2D eigenvalue weighted by atomic mass is 32.2. The molecule has 5 rings (SSSR count). The zero-order chi connectivity index (χ0) is 28.6. The van der Waals surface area contributed by atoms with Crippen LogP contribution in [0.25, 0.3) is 33.4 Å². The molecule has 0 aliphatic carbocycles. The number of nitrogens with two attached hydrogens (primary N) is 1. The van der Waals surface area contributed by atoms with Crippen molar-refractivity contribution in [2.75, 3.05) is 10.5 Å². The predicted octanol–water partition coefficient (Wildman–Crippen LogP) is 4.92. The Morgan fingerprint density at radius 1 is 1.07 bits per heavy atom.